The number of rotatable bonds is 6. The number of nitrogens with zero attached hydrogens (tertiary/aromatic N) is 1. The molecule has 1 aliphatic heterocycles. The van der Waals surface area contributed by atoms with Crippen LogP contribution in [-0.2, 0) is 9.59 Å². The molecule has 0 bridgehead atoms. The van der Waals surface area contributed by atoms with E-state index in [0.29, 0.717) is 0 Å². The van der Waals surface area contributed by atoms with Gasteiger partial charge in [0, 0.05) is 4.90 Å². The van der Waals surface area contributed by atoms with E-state index < -0.39 is 11.9 Å². The molecule has 0 aromatic heterocycles. The molecule has 0 amide bonds. The second kappa shape index (κ2) is 11.1. The van der Waals surface area contributed by atoms with Crippen molar-refractivity contribution in [1.29, 1.82) is 0 Å². The van der Waals surface area contributed by atoms with E-state index in [1.54, 1.807) is 0 Å². The molecule has 1 heterocycles. The monoisotopic (exact) mass is 325 g/mol. The van der Waals surface area contributed by atoms with Crippen molar-refractivity contribution in [3.05, 3.63) is 30.3 Å². The van der Waals surface area contributed by atoms with Crippen LogP contribution in [0.15, 0.2) is 35.2 Å². The first-order chi connectivity index (χ1) is 10.6. The summed E-state index contributed by atoms with van der Waals surface area (Å²) in [5, 5.41) is 14.8. The number of unbranched alkanes of at least 4 members (excludes halogenated alkanes) is 1. The van der Waals surface area contributed by atoms with Gasteiger partial charge < -0.3 is 15.1 Å². The van der Waals surface area contributed by atoms with Crippen LogP contribution in [0.3, 0.4) is 0 Å². The van der Waals surface area contributed by atoms with Gasteiger partial charge in [-0.15, -0.1) is 11.8 Å². The maximum absolute atomic E-state index is 9.10. The summed E-state index contributed by atoms with van der Waals surface area (Å²) in [5.41, 5.74) is 0. The van der Waals surface area contributed by atoms with Crippen molar-refractivity contribution < 1.29 is 19.8 Å². The number of hydrogen-bond donors (Lipinski definition) is 2. The van der Waals surface area contributed by atoms with Gasteiger partial charge in [-0.2, -0.15) is 0 Å². The molecule has 122 valence electrons. The summed E-state index contributed by atoms with van der Waals surface area (Å²) in [6.45, 7) is 3.99. The normalized spacial score (nSPS) is 14.2. The van der Waals surface area contributed by atoms with Crippen LogP contribution in [-0.4, -0.2) is 52.4 Å². The van der Waals surface area contributed by atoms with Gasteiger partial charge in [-0.25, -0.2) is 9.59 Å². The summed E-state index contributed by atoms with van der Waals surface area (Å²) in [7, 11) is 0. The first-order valence-electron chi connectivity index (χ1n) is 7.46. The minimum absolute atomic E-state index is 1.26. The van der Waals surface area contributed by atoms with E-state index in [9.17, 15) is 0 Å². The second-order valence-electron chi connectivity index (χ2n) is 5.03. The molecule has 5 nitrogen and oxygen atoms in total. The predicted octanol–water partition coefficient (Wildman–Crippen LogP) is 2.81. The number of carboxylic acids is 2. The fourth-order valence-electron chi connectivity index (χ4n) is 2.15. The fourth-order valence-corrected chi connectivity index (χ4v) is 3.08. The predicted molar refractivity (Wildman–Crippen MR) is 87.3 cm³/mol. The highest BCUT2D eigenvalue weighted by Crippen LogP contribution is 2.18. The Balaban J connectivity index is 0.000000346. The number of aliphatic carboxylic acids is 2. The number of carbonyl (C=O) groups is 2. The molecule has 0 unspecified atom stereocenters. The van der Waals surface area contributed by atoms with Gasteiger partial charge in [0.05, 0.1) is 0 Å². The first-order valence-corrected chi connectivity index (χ1v) is 8.44. The molecule has 1 fully saturated rings. The highest BCUT2D eigenvalue weighted by molar-refractivity contribution is 7.99. The van der Waals surface area contributed by atoms with Crippen molar-refractivity contribution in [2.75, 3.05) is 25.4 Å². The van der Waals surface area contributed by atoms with Crippen LogP contribution in [0.1, 0.15) is 25.7 Å². The van der Waals surface area contributed by atoms with Gasteiger partial charge in [-0.1, -0.05) is 18.2 Å². The van der Waals surface area contributed by atoms with E-state index in [4.69, 9.17) is 19.8 Å². The van der Waals surface area contributed by atoms with Crippen molar-refractivity contribution in [1.82, 2.24) is 4.90 Å². The zero-order valence-corrected chi connectivity index (χ0v) is 13.4. The third-order valence-corrected chi connectivity index (χ3v) is 4.36. The topological polar surface area (TPSA) is 77.8 Å². The lowest BCUT2D eigenvalue weighted by Gasteiger charge is -2.13. The summed E-state index contributed by atoms with van der Waals surface area (Å²) in [4.78, 5) is 22.2. The third kappa shape index (κ3) is 8.69. The minimum Gasteiger partial charge on any atom is -0.473 e. The van der Waals surface area contributed by atoms with Crippen molar-refractivity contribution in [2.45, 2.75) is 30.6 Å². The maximum atomic E-state index is 9.10. The van der Waals surface area contributed by atoms with Crippen LogP contribution in [0.25, 0.3) is 0 Å². The summed E-state index contributed by atoms with van der Waals surface area (Å²) < 4.78 is 0. The number of likely N-dealkylation sites (tertiary alicyclic amines) is 1. The molecule has 6 heteroatoms. The van der Waals surface area contributed by atoms with Crippen molar-refractivity contribution >= 4 is 23.7 Å². The lowest BCUT2D eigenvalue weighted by Crippen LogP contribution is -2.20. The summed E-state index contributed by atoms with van der Waals surface area (Å²) in [6.07, 6.45) is 5.54. The zero-order valence-electron chi connectivity index (χ0n) is 12.6. The van der Waals surface area contributed by atoms with E-state index in [1.165, 1.54) is 56.0 Å². The molecule has 22 heavy (non-hydrogen) atoms. The molecule has 2 N–H and O–H groups in total. The summed E-state index contributed by atoms with van der Waals surface area (Å²) in [5.74, 6) is -2.39. The standard InChI is InChI=1S/C14H21NS.C2H2O4/c1-2-8-14(9-3-1)16-13-7-6-12-15-10-4-5-11-15;3-1(4)2(5)6/h1-3,8-9H,4-7,10-13H2;(H,3,4)(H,5,6). The van der Waals surface area contributed by atoms with Crippen LogP contribution in [0.4, 0.5) is 0 Å². The number of hydrogen-bond acceptors (Lipinski definition) is 4. The van der Waals surface area contributed by atoms with Gasteiger partial charge in [0.15, 0.2) is 0 Å². The largest absolute Gasteiger partial charge is 0.473 e. The van der Waals surface area contributed by atoms with E-state index in [-0.39, 0.29) is 0 Å². The molecule has 0 saturated carbocycles. The Labute approximate surface area is 135 Å². The first kappa shape index (κ1) is 18.5. The number of carboxylic acid groups (broad SMARTS) is 2. The molecule has 0 aliphatic carbocycles. The van der Waals surface area contributed by atoms with Crippen LogP contribution in [0.5, 0.6) is 0 Å². The van der Waals surface area contributed by atoms with Gasteiger partial charge in [-0.05, 0) is 63.2 Å². The quantitative estimate of drug-likeness (QED) is 0.476. The fraction of sp³-hybridized carbons (Fsp3) is 0.500. The SMILES string of the molecule is O=C(O)C(=O)O.c1ccc(SCCCCN2CCCC2)cc1. The Morgan fingerprint density at radius 2 is 1.59 bits per heavy atom. The third-order valence-electron chi connectivity index (χ3n) is 3.26. The highest BCUT2D eigenvalue weighted by Gasteiger charge is 2.09. The van der Waals surface area contributed by atoms with E-state index in [0.717, 1.165) is 0 Å². The molecule has 1 aliphatic rings. The summed E-state index contributed by atoms with van der Waals surface area (Å²) >= 11 is 1.98. The smallest absolute Gasteiger partial charge is 0.414 e. The van der Waals surface area contributed by atoms with Crippen molar-refractivity contribution in [2.24, 2.45) is 0 Å². The maximum Gasteiger partial charge on any atom is 0.414 e. The molecule has 1 saturated heterocycles. The number of benzene rings is 1. The molecular formula is C16H23NO4S. The average molecular weight is 325 g/mol. The molecule has 0 radical (unpaired) electrons. The molecule has 2 rings (SSSR count). The van der Waals surface area contributed by atoms with Gasteiger partial charge >= 0.3 is 11.9 Å². The molecule has 1 aromatic rings. The zero-order chi connectivity index (χ0) is 16.2. The second-order valence-corrected chi connectivity index (χ2v) is 6.20. The van der Waals surface area contributed by atoms with Gasteiger partial charge in [-0.3, -0.25) is 0 Å². The van der Waals surface area contributed by atoms with Crippen LogP contribution < -0.4 is 0 Å². The molecule has 0 atom stereocenters. The average Bonchev–Trinajstić information content (AvgIpc) is 3.02. The van der Waals surface area contributed by atoms with Gasteiger partial charge in [0.25, 0.3) is 0 Å². The Bertz CT molecular complexity index is 435. The number of thioether (sulfide) groups is 1. The van der Waals surface area contributed by atoms with E-state index >= 15 is 0 Å². The van der Waals surface area contributed by atoms with Crippen LogP contribution in [0.2, 0.25) is 0 Å². The van der Waals surface area contributed by atoms with Crippen molar-refractivity contribution in [3.63, 3.8) is 0 Å². The highest BCUT2D eigenvalue weighted by atomic mass is 32.2. The molecule has 0 spiro atoms. The Kier molecular flexibility index (Phi) is 9.34. The van der Waals surface area contributed by atoms with Gasteiger partial charge in [0.1, 0.15) is 0 Å². The molecular weight excluding hydrogens is 302 g/mol. The van der Waals surface area contributed by atoms with Gasteiger partial charge in [0.2, 0.25) is 0 Å². The van der Waals surface area contributed by atoms with Crippen LogP contribution >= 0.6 is 11.8 Å². The summed E-state index contributed by atoms with van der Waals surface area (Å²) in [6, 6.07) is 10.7. The Morgan fingerprint density at radius 3 is 2.14 bits per heavy atom. The molecule has 1 aromatic carbocycles. The van der Waals surface area contributed by atoms with Crippen molar-refractivity contribution in [3.8, 4) is 0 Å². The Morgan fingerprint density at radius 1 is 1.00 bits per heavy atom. The van der Waals surface area contributed by atoms with E-state index in [2.05, 4.69) is 35.2 Å². The minimum atomic E-state index is -1.82. The Hall–Kier alpha value is -1.53. The lowest BCUT2D eigenvalue weighted by atomic mass is 10.3. The lowest BCUT2D eigenvalue weighted by molar-refractivity contribution is -0.159. The van der Waals surface area contributed by atoms with Crippen LogP contribution in [0, 0.1) is 0 Å². The van der Waals surface area contributed by atoms with E-state index in [1.807, 2.05) is 11.8 Å².